The Balaban J connectivity index is 1.94. The minimum Gasteiger partial charge on any atom is -0.478 e. The second-order valence-electron chi connectivity index (χ2n) is 3.94. The summed E-state index contributed by atoms with van der Waals surface area (Å²) < 4.78 is 0. The number of hydrogen-bond acceptors (Lipinski definition) is 5. The topological polar surface area (TPSA) is 79.3 Å². The Morgan fingerprint density at radius 1 is 1.50 bits per heavy atom. The van der Waals surface area contributed by atoms with Crippen molar-refractivity contribution in [3.63, 3.8) is 0 Å². The third-order valence-electron chi connectivity index (χ3n) is 2.36. The van der Waals surface area contributed by atoms with Crippen molar-refractivity contribution >= 4 is 40.6 Å². The molecule has 0 saturated heterocycles. The van der Waals surface area contributed by atoms with Gasteiger partial charge in [0.15, 0.2) is 0 Å². The summed E-state index contributed by atoms with van der Waals surface area (Å²) >= 11 is 2.87. The van der Waals surface area contributed by atoms with Gasteiger partial charge in [0.1, 0.15) is 0 Å². The molecule has 0 aliphatic rings. The molecule has 5 nitrogen and oxygen atoms in total. The van der Waals surface area contributed by atoms with E-state index in [1.165, 1.54) is 17.4 Å². The number of rotatable bonds is 5. The molecule has 104 valence electrons. The van der Waals surface area contributed by atoms with E-state index in [0.29, 0.717) is 12.1 Å². The standard InChI is InChI=1S/C13H12N2O3S2/c1-8-14-5-11(20-8)6-15-13(18)9-4-10(19-7-9)2-3-12(16)17/h2-5,7H,6H2,1H3,(H,15,18)(H,16,17). The summed E-state index contributed by atoms with van der Waals surface area (Å²) in [7, 11) is 0. The molecule has 0 radical (unpaired) electrons. The zero-order chi connectivity index (χ0) is 14.5. The molecule has 2 rings (SSSR count). The van der Waals surface area contributed by atoms with Gasteiger partial charge in [0, 0.05) is 27.4 Å². The summed E-state index contributed by atoms with van der Waals surface area (Å²) in [6, 6.07) is 1.66. The number of carbonyl (C=O) groups excluding carboxylic acids is 1. The van der Waals surface area contributed by atoms with E-state index in [-0.39, 0.29) is 5.91 Å². The van der Waals surface area contributed by atoms with Gasteiger partial charge in [-0.1, -0.05) is 0 Å². The zero-order valence-electron chi connectivity index (χ0n) is 10.6. The summed E-state index contributed by atoms with van der Waals surface area (Å²) in [4.78, 5) is 28.2. The van der Waals surface area contributed by atoms with Crippen molar-refractivity contribution in [2.24, 2.45) is 0 Å². The molecule has 2 N–H and O–H groups in total. The predicted molar refractivity (Wildman–Crippen MR) is 79.0 cm³/mol. The minimum atomic E-state index is -1.01. The van der Waals surface area contributed by atoms with Gasteiger partial charge in [-0.15, -0.1) is 22.7 Å². The highest BCUT2D eigenvalue weighted by atomic mass is 32.1. The summed E-state index contributed by atoms with van der Waals surface area (Å²) in [5.41, 5.74) is 0.529. The van der Waals surface area contributed by atoms with E-state index in [0.717, 1.165) is 20.8 Å². The van der Waals surface area contributed by atoms with Gasteiger partial charge in [0.25, 0.3) is 5.91 Å². The lowest BCUT2D eigenvalue weighted by Gasteiger charge is -2.00. The molecule has 0 fully saturated rings. The highest BCUT2D eigenvalue weighted by molar-refractivity contribution is 7.11. The van der Waals surface area contributed by atoms with E-state index in [2.05, 4.69) is 10.3 Å². The van der Waals surface area contributed by atoms with Gasteiger partial charge in [-0.2, -0.15) is 0 Å². The Kier molecular flexibility index (Phi) is 4.65. The van der Waals surface area contributed by atoms with Crippen molar-refractivity contribution in [1.29, 1.82) is 0 Å². The molecule has 0 spiro atoms. The molecule has 2 aromatic heterocycles. The third kappa shape index (κ3) is 4.01. The fourth-order valence-corrected chi connectivity index (χ4v) is 2.98. The number of carbonyl (C=O) groups is 2. The van der Waals surface area contributed by atoms with Crippen molar-refractivity contribution in [2.45, 2.75) is 13.5 Å². The fourth-order valence-electron chi connectivity index (χ4n) is 1.47. The summed E-state index contributed by atoms with van der Waals surface area (Å²) in [5, 5.41) is 14.0. The van der Waals surface area contributed by atoms with Crippen LogP contribution in [0.15, 0.2) is 23.7 Å². The number of amides is 1. The van der Waals surface area contributed by atoms with Gasteiger partial charge in [-0.25, -0.2) is 9.78 Å². The summed E-state index contributed by atoms with van der Waals surface area (Å²) in [6.45, 7) is 2.36. The van der Waals surface area contributed by atoms with Crippen LogP contribution < -0.4 is 5.32 Å². The number of aromatic nitrogens is 1. The van der Waals surface area contributed by atoms with Crippen LogP contribution in [-0.2, 0) is 11.3 Å². The van der Waals surface area contributed by atoms with E-state index < -0.39 is 5.97 Å². The molecule has 0 aliphatic heterocycles. The molecule has 0 unspecified atom stereocenters. The summed E-state index contributed by atoms with van der Waals surface area (Å²) in [5.74, 6) is -1.19. The van der Waals surface area contributed by atoms with Crippen LogP contribution in [0.2, 0.25) is 0 Å². The average Bonchev–Trinajstić information content (AvgIpc) is 3.02. The minimum absolute atomic E-state index is 0.178. The van der Waals surface area contributed by atoms with Gasteiger partial charge in [-0.05, 0) is 19.1 Å². The Bertz CT molecular complexity index is 658. The molecular formula is C13H12N2O3S2. The highest BCUT2D eigenvalue weighted by Crippen LogP contribution is 2.17. The van der Waals surface area contributed by atoms with Gasteiger partial charge in [0.2, 0.25) is 0 Å². The largest absolute Gasteiger partial charge is 0.478 e. The Morgan fingerprint density at radius 3 is 2.95 bits per heavy atom. The second-order valence-corrected chi connectivity index (χ2v) is 6.20. The van der Waals surface area contributed by atoms with Crippen molar-refractivity contribution in [3.8, 4) is 0 Å². The van der Waals surface area contributed by atoms with Crippen LogP contribution in [0.25, 0.3) is 6.08 Å². The zero-order valence-corrected chi connectivity index (χ0v) is 12.3. The van der Waals surface area contributed by atoms with Crippen molar-refractivity contribution in [1.82, 2.24) is 10.3 Å². The first-order chi connectivity index (χ1) is 9.54. The first-order valence-corrected chi connectivity index (χ1v) is 7.43. The lowest BCUT2D eigenvalue weighted by Crippen LogP contribution is -2.21. The third-order valence-corrected chi connectivity index (χ3v) is 4.18. The summed E-state index contributed by atoms with van der Waals surface area (Å²) in [6.07, 6.45) is 4.26. The molecule has 7 heteroatoms. The van der Waals surface area contributed by atoms with Gasteiger partial charge in [-0.3, -0.25) is 4.79 Å². The van der Waals surface area contributed by atoms with E-state index in [4.69, 9.17) is 5.11 Å². The van der Waals surface area contributed by atoms with Crippen LogP contribution in [-0.4, -0.2) is 22.0 Å². The number of aryl methyl sites for hydroxylation is 1. The first kappa shape index (κ1) is 14.4. The molecule has 2 heterocycles. The highest BCUT2D eigenvalue weighted by Gasteiger charge is 2.08. The van der Waals surface area contributed by atoms with Crippen molar-refractivity contribution < 1.29 is 14.7 Å². The number of aliphatic carboxylic acids is 1. The van der Waals surface area contributed by atoms with Gasteiger partial charge < -0.3 is 10.4 Å². The maximum Gasteiger partial charge on any atom is 0.328 e. The molecule has 20 heavy (non-hydrogen) atoms. The number of carboxylic acids is 1. The molecule has 1 amide bonds. The van der Waals surface area contributed by atoms with Crippen LogP contribution in [0.4, 0.5) is 0 Å². The maximum atomic E-state index is 11.9. The first-order valence-electron chi connectivity index (χ1n) is 5.73. The van der Waals surface area contributed by atoms with Crippen molar-refractivity contribution in [3.05, 3.63) is 44.0 Å². The quantitative estimate of drug-likeness (QED) is 0.832. The number of thiophene rings is 1. The number of nitrogens with one attached hydrogen (secondary N) is 1. The Hall–Kier alpha value is -1.99. The second kappa shape index (κ2) is 6.44. The lowest BCUT2D eigenvalue weighted by molar-refractivity contribution is -0.131. The van der Waals surface area contributed by atoms with Crippen LogP contribution in [0.3, 0.4) is 0 Å². The van der Waals surface area contributed by atoms with Crippen LogP contribution in [0.5, 0.6) is 0 Å². The number of hydrogen-bond donors (Lipinski definition) is 2. The van der Waals surface area contributed by atoms with E-state index >= 15 is 0 Å². The SMILES string of the molecule is Cc1ncc(CNC(=O)c2csc(C=CC(=O)O)c2)s1. The van der Waals surface area contributed by atoms with Crippen LogP contribution in [0.1, 0.15) is 25.1 Å². The van der Waals surface area contributed by atoms with Gasteiger partial charge >= 0.3 is 5.97 Å². The van der Waals surface area contributed by atoms with Crippen LogP contribution >= 0.6 is 22.7 Å². The lowest BCUT2D eigenvalue weighted by atomic mass is 10.3. The molecular weight excluding hydrogens is 296 g/mol. The molecule has 0 bridgehead atoms. The van der Waals surface area contributed by atoms with Crippen LogP contribution in [0, 0.1) is 6.92 Å². The average molecular weight is 308 g/mol. The predicted octanol–water partition coefficient (Wildman–Crippen LogP) is 2.54. The fraction of sp³-hybridized carbons (Fsp3) is 0.154. The number of thiazole rings is 1. The van der Waals surface area contributed by atoms with E-state index in [1.807, 2.05) is 6.92 Å². The van der Waals surface area contributed by atoms with Gasteiger partial charge in [0.05, 0.1) is 17.1 Å². The Morgan fingerprint density at radius 2 is 2.30 bits per heavy atom. The maximum absolute atomic E-state index is 11.9. The monoisotopic (exact) mass is 308 g/mol. The molecule has 0 aliphatic carbocycles. The molecule has 2 aromatic rings. The van der Waals surface area contributed by atoms with Crippen molar-refractivity contribution in [2.75, 3.05) is 0 Å². The molecule has 0 aromatic carbocycles. The van der Waals surface area contributed by atoms with E-state index in [1.54, 1.807) is 29.0 Å². The smallest absolute Gasteiger partial charge is 0.328 e. The Labute approximate surface area is 123 Å². The number of carboxylic acid groups (broad SMARTS) is 1. The normalized spacial score (nSPS) is 10.8. The van der Waals surface area contributed by atoms with E-state index in [9.17, 15) is 9.59 Å². The molecule has 0 saturated carbocycles. The number of nitrogens with zero attached hydrogens (tertiary/aromatic N) is 1. The molecule has 0 atom stereocenters.